The van der Waals surface area contributed by atoms with Crippen molar-refractivity contribution < 1.29 is 68.7 Å². The number of fused-ring (bicyclic) bond motifs is 7. The Morgan fingerprint density at radius 2 is 0.788 bits per heavy atom. The summed E-state index contributed by atoms with van der Waals surface area (Å²) in [5.41, 5.74) is 19.1. The molecule has 6 aromatic heterocycles. The highest BCUT2D eigenvalue weighted by atomic mass is 35.5. The lowest BCUT2D eigenvalue weighted by atomic mass is 10.1. The summed E-state index contributed by atoms with van der Waals surface area (Å²) in [5, 5.41) is 90.3. The molecule has 42 heteroatoms. The average Bonchev–Trinajstić information content (AvgIpc) is 1.60. The summed E-state index contributed by atoms with van der Waals surface area (Å²) in [6.07, 6.45) is 2.63. The van der Waals surface area contributed by atoms with Crippen molar-refractivity contribution in [2.75, 3.05) is 289 Å². The zero-order valence-electron chi connectivity index (χ0n) is 76.2. The van der Waals surface area contributed by atoms with Crippen molar-refractivity contribution in [2.45, 2.75) is 39.8 Å². The lowest BCUT2D eigenvalue weighted by Gasteiger charge is -2.34. The Balaban J connectivity index is 0.000000198. The van der Waals surface area contributed by atoms with Crippen LogP contribution in [0.3, 0.4) is 0 Å². The summed E-state index contributed by atoms with van der Waals surface area (Å²) in [6, 6.07) is 37.6. The third-order valence-corrected chi connectivity index (χ3v) is 21.8. The Hall–Kier alpha value is -10.4. The van der Waals surface area contributed by atoms with Gasteiger partial charge in [0.05, 0.1) is 158 Å². The summed E-state index contributed by atoms with van der Waals surface area (Å²) in [7, 11) is 10.5. The highest BCUT2D eigenvalue weighted by molar-refractivity contribution is 6.41. The second-order valence-electron chi connectivity index (χ2n) is 30.7. The number of nitrogen functional groups attached to an aromatic ring is 1. The molecular formula is C90H127Cl3N22O17. The van der Waals surface area contributed by atoms with Gasteiger partial charge < -0.3 is 120 Å². The topological polar surface area (TPSA) is 479 Å². The number of pyridine rings is 5. The smallest absolute Gasteiger partial charge is 0.335 e. The Kier molecular flexibility index (Phi) is 47.0. The van der Waals surface area contributed by atoms with Gasteiger partial charge in [-0.1, -0.05) is 139 Å². The SMILES string of the molecule is CCCCN(C)C.CCOCc1nc2c(N3CCN(C)CC3)nc3ccccc3c2n1CCOCCO.CN1CCN(c2nc3ccccc3c(NCCOCCO)c2N)CC1.CN1CCN(c2nc3ccccc3c(NCCOCCO)c2[N+](=O)[O-])CC1.NCCOCCO.O=[N+]([O-])c1c(Cl)nc2ccccc2c1Cl.O=[N+]([O-])c1c(Cl)nc2ccccc2c1NCCOCCO. The molecule has 0 aliphatic carbocycles. The molecule has 5 aromatic carbocycles. The monoisotopic (exact) mass is 1890 g/mol. The number of nitrogens with two attached hydrogens (primary N) is 2. The second-order valence-corrected chi connectivity index (χ2v) is 31.8. The lowest BCUT2D eigenvalue weighted by Crippen LogP contribution is -2.45. The quantitative estimate of drug-likeness (QED) is 0.00740. The van der Waals surface area contributed by atoms with Crippen LogP contribution in [0.1, 0.15) is 32.5 Å². The van der Waals surface area contributed by atoms with E-state index in [1.54, 1.807) is 48.5 Å². The van der Waals surface area contributed by atoms with Gasteiger partial charge in [-0.3, -0.25) is 30.3 Å². The molecule has 0 atom stereocenters. The molecule has 12 N–H and O–H groups in total. The summed E-state index contributed by atoms with van der Waals surface area (Å²) in [5.74, 6) is 3.09. The van der Waals surface area contributed by atoms with Gasteiger partial charge in [0.1, 0.15) is 34.3 Å². The fourth-order valence-corrected chi connectivity index (χ4v) is 15.1. The first-order chi connectivity index (χ1) is 64.0. The van der Waals surface area contributed by atoms with Crippen LogP contribution in [-0.2, 0) is 41.6 Å². The minimum absolute atomic E-state index is 0.000381. The van der Waals surface area contributed by atoms with Gasteiger partial charge in [0.25, 0.3) is 0 Å². The van der Waals surface area contributed by atoms with Crippen molar-refractivity contribution in [1.82, 2.24) is 54.1 Å². The summed E-state index contributed by atoms with van der Waals surface area (Å²) >= 11 is 17.5. The number of likely N-dealkylation sites (N-methyl/N-ethyl adjacent to an activating group) is 3. The van der Waals surface area contributed by atoms with Crippen molar-refractivity contribution >= 4 is 158 Å². The Bertz CT molecular complexity index is 5360. The number of aliphatic hydroxyl groups excluding tert-OH is 5. The van der Waals surface area contributed by atoms with Gasteiger partial charge in [-0.25, -0.2) is 29.9 Å². The van der Waals surface area contributed by atoms with Crippen LogP contribution < -0.4 is 42.1 Å². The molecule has 3 aliphatic rings. The molecule has 132 heavy (non-hydrogen) atoms. The van der Waals surface area contributed by atoms with Gasteiger partial charge in [-0.05, 0) is 85.5 Å². The van der Waals surface area contributed by atoms with E-state index in [0.717, 1.165) is 127 Å². The minimum Gasteiger partial charge on any atom is -0.394 e. The Morgan fingerprint density at radius 1 is 0.432 bits per heavy atom. The number of nitrogens with one attached hydrogen (secondary N) is 3. The number of ether oxygens (including phenoxy) is 6. The van der Waals surface area contributed by atoms with Crippen LogP contribution in [0.15, 0.2) is 121 Å². The van der Waals surface area contributed by atoms with Crippen LogP contribution in [0.25, 0.3) is 65.5 Å². The third kappa shape index (κ3) is 31.9. The van der Waals surface area contributed by atoms with E-state index in [0.29, 0.717) is 162 Å². The number of benzene rings is 5. The molecule has 0 saturated carbocycles. The van der Waals surface area contributed by atoms with Crippen LogP contribution in [0, 0.1) is 30.3 Å². The molecule has 0 amide bonds. The molecule has 14 rings (SSSR count). The van der Waals surface area contributed by atoms with Gasteiger partial charge in [0, 0.05) is 145 Å². The Morgan fingerprint density at radius 3 is 1.21 bits per heavy atom. The number of aromatic nitrogens is 7. The molecule has 11 aromatic rings. The molecule has 3 saturated heterocycles. The van der Waals surface area contributed by atoms with Crippen molar-refractivity contribution in [2.24, 2.45) is 5.73 Å². The molecule has 0 unspecified atom stereocenters. The molecule has 3 aliphatic heterocycles. The first kappa shape index (κ1) is 107. The van der Waals surface area contributed by atoms with Crippen LogP contribution in [0.5, 0.6) is 0 Å². The standard InChI is InChI=1S/C22H31N5O3.C18H25N5O4.C18H27N5O2.C13H14ClN3O4.C9H4Cl2N2O2.C6H15N.C4H11NO2/c1-3-29-16-19-24-20-21(27(19)12-14-30-15-13-28)17-6-4-5-7-18(17)23-22(20)26-10-8-25(2)9-11-26;1-21-7-9-22(10-8-21)18-17(23(25)26)16(19-6-12-27-13-11-24)14-4-2-3-5-15(14)20-18;1-22-7-9-23(10-8-22)18-16(19)17(20-6-12-25-13-11-24)14-4-2-3-5-15(14)21-18;14-13-12(17(19)20)11(15-5-7-21-8-6-18)9-3-1-2-4-10(9)16-13;10-7-5-3-1-2-4-6(5)12-9(11)8(7)13(14)15;1-4-5-6-7(2)3;5-1-3-7-4-2-6/h4-7,28H,3,8-16H2,1-2H3;2-5,24H,6-13H2,1H3,(H,19,20);2-5,24H,6-13,19H2,1H3,(H,20,21);1-4,18H,5-8H2,(H,15,16);1-4H;4-6H2,1-3H3;6H,1-5H2. The number of nitrogens with zero attached hydrogens (tertiary/aromatic N) is 17. The summed E-state index contributed by atoms with van der Waals surface area (Å²) in [6.45, 7) is 23.7. The Labute approximate surface area is 783 Å². The second kappa shape index (κ2) is 57.9. The van der Waals surface area contributed by atoms with E-state index in [1.165, 1.54) is 19.4 Å². The normalized spacial score (nSPS) is 13.6. The van der Waals surface area contributed by atoms with E-state index in [-0.39, 0.29) is 83.6 Å². The maximum absolute atomic E-state index is 12.0. The van der Waals surface area contributed by atoms with Crippen LogP contribution >= 0.6 is 34.8 Å². The number of halogens is 3. The molecule has 0 radical (unpaired) electrons. The highest BCUT2D eigenvalue weighted by Crippen LogP contribution is 2.43. The van der Waals surface area contributed by atoms with E-state index in [4.69, 9.17) is 115 Å². The number of aliphatic hydroxyl groups is 5. The van der Waals surface area contributed by atoms with E-state index in [9.17, 15) is 30.3 Å². The lowest BCUT2D eigenvalue weighted by molar-refractivity contribution is -0.384. The fraction of sp³-hybridized carbons (Fsp3) is 0.489. The molecule has 720 valence electrons. The number of para-hydroxylation sites is 5. The minimum atomic E-state index is -0.635. The molecule has 3 fully saturated rings. The maximum atomic E-state index is 12.0. The fourth-order valence-electron chi connectivity index (χ4n) is 14.2. The first-order valence-corrected chi connectivity index (χ1v) is 45.1. The highest BCUT2D eigenvalue weighted by Gasteiger charge is 2.32. The number of unbranched alkanes of at least 4 members (excludes halogenated alkanes) is 1. The number of nitro groups is 3. The van der Waals surface area contributed by atoms with E-state index < -0.39 is 9.85 Å². The van der Waals surface area contributed by atoms with E-state index in [2.05, 4.69) is 112 Å². The number of rotatable bonds is 39. The largest absolute Gasteiger partial charge is 0.394 e. The zero-order chi connectivity index (χ0) is 95.3. The van der Waals surface area contributed by atoms with Gasteiger partial charge in [0.2, 0.25) is 16.1 Å². The van der Waals surface area contributed by atoms with Gasteiger partial charge in [-0.15, -0.1) is 0 Å². The van der Waals surface area contributed by atoms with Crippen LogP contribution in [0.4, 0.5) is 57.3 Å². The number of anilines is 7. The van der Waals surface area contributed by atoms with Crippen molar-refractivity contribution in [3.8, 4) is 0 Å². The van der Waals surface area contributed by atoms with Gasteiger partial charge in [0.15, 0.2) is 11.6 Å². The molecule has 0 spiro atoms. The maximum Gasteiger partial charge on any atom is 0.335 e. The van der Waals surface area contributed by atoms with Gasteiger partial charge >= 0.3 is 17.1 Å². The number of imidazole rings is 1. The van der Waals surface area contributed by atoms with Crippen molar-refractivity contribution in [3.63, 3.8) is 0 Å². The average molecular weight is 1900 g/mol. The molecule has 39 nitrogen and oxygen atoms in total. The summed E-state index contributed by atoms with van der Waals surface area (Å²) < 4.78 is 34.0. The predicted octanol–water partition coefficient (Wildman–Crippen LogP) is 10.2. The molecule has 0 bridgehead atoms. The molecule has 9 heterocycles. The van der Waals surface area contributed by atoms with E-state index in [1.807, 2.05) is 79.5 Å². The number of piperazine rings is 3. The van der Waals surface area contributed by atoms with Crippen LogP contribution in [0.2, 0.25) is 15.3 Å². The summed E-state index contributed by atoms with van der Waals surface area (Å²) in [4.78, 5) is 75.3. The third-order valence-electron chi connectivity index (χ3n) is 20.9. The van der Waals surface area contributed by atoms with Crippen molar-refractivity contribution in [3.05, 3.63) is 173 Å². The first-order valence-electron chi connectivity index (χ1n) is 44.0. The van der Waals surface area contributed by atoms with Gasteiger partial charge in [-0.2, -0.15) is 0 Å². The zero-order valence-corrected chi connectivity index (χ0v) is 78.5. The van der Waals surface area contributed by atoms with E-state index >= 15 is 0 Å². The number of hydrogen-bond acceptors (Lipinski definition) is 35. The number of hydrogen-bond donors (Lipinski definition) is 10. The van der Waals surface area contributed by atoms with Crippen molar-refractivity contribution in [1.29, 1.82) is 0 Å². The predicted molar refractivity (Wildman–Crippen MR) is 523 cm³/mol. The van der Waals surface area contributed by atoms with Crippen LogP contribution in [-0.4, -0.2) is 347 Å². The molecular weight excluding hydrogens is 1770 g/mol.